The van der Waals surface area contributed by atoms with Crippen LogP contribution in [-0.2, 0) is 34.3 Å². The van der Waals surface area contributed by atoms with Crippen molar-refractivity contribution in [1.29, 1.82) is 0 Å². The van der Waals surface area contributed by atoms with Gasteiger partial charge < -0.3 is 25.7 Å². The third-order valence-corrected chi connectivity index (χ3v) is 7.29. The van der Waals surface area contributed by atoms with Crippen molar-refractivity contribution < 1.29 is 23.6 Å². The molecule has 1 aliphatic rings. The summed E-state index contributed by atoms with van der Waals surface area (Å²) >= 11 is 0. The molecule has 4 rings (SSSR count). The maximum absolute atomic E-state index is 13.6. The number of fused-ring (bicyclic) bond motifs is 2. The molecule has 12 nitrogen and oxygen atoms in total. The predicted octanol–water partition coefficient (Wildman–Crippen LogP) is 1.98. The molecule has 12 heteroatoms. The van der Waals surface area contributed by atoms with Crippen molar-refractivity contribution >= 4 is 23.6 Å². The highest BCUT2D eigenvalue weighted by atomic mass is 16.3. The third-order valence-electron chi connectivity index (χ3n) is 7.29. The fraction of sp³-hybridized carbons (Fsp3) is 0.467. The second-order valence-electron chi connectivity index (χ2n) is 10.9. The SMILES string of the molecule is CC(C)[C@@H]1NC(=O)[C@@H](NC(=O)CCc2ccnn2C)CCCCNC(=O)c2coc(n2)[C@@H](Cc2ccccc2)NC1=O. The average molecular weight is 578 g/mol. The summed E-state index contributed by atoms with van der Waals surface area (Å²) in [6.07, 6.45) is 5.46. The molecular weight excluding hydrogens is 538 g/mol. The summed E-state index contributed by atoms with van der Waals surface area (Å²) in [7, 11) is 1.81. The lowest BCUT2D eigenvalue weighted by atomic mass is 10.00. The van der Waals surface area contributed by atoms with Gasteiger partial charge in [-0.25, -0.2) is 4.98 Å². The first-order valence-electron chi connectivity index (χ1n) is 14.4. The second kappa shape index (κ2) is 14.4. The molecule has 4 N–H and O–H groups in total. The maximum atomic E-state index is 13.6. The Morgan fingerprint density at radius 2 is 1.88 bits per heavy atom. The Bertz CT molecular complexity index is 1370. The number of aromatic nitrogens is 3. The van der Waals surface area contributed by atoms with E-state index in [0.717, 1.165) is 11.3 Å². The van der Waals surface area contributed by atoms with Crippen LogP contribution in [-0.4, -0.2) is 57.0 Å². The molecule has 3 aromatic rings. The average Bonchev–Trinajstić information content (AvgIpc) is 3.62. The Hall–Kier alpha value is -4.48. The molecule has 0 radical (unpaired) electrons. The number of amides is 4. The van der Waals surface area contributed by atoms with Crippen LogP contribution in [0.4, 0.5) is 0 Å². The quantitative estimate of drug-likeness (QED) is 0.334. The molecule has 3 heterocycles. The summed E-state index contributed by atoms with van der Waals surface area (Å²) in [4.78, 5) is 57.0. The van der Waals surface area contributed by atoms with Crippen molar-refractivity contribution in [3.63, 3.8) is 0 Å². The van der Waals surface area contributed by atoms with Crippen molar-refractivity contribution in [1.82, 2.24) is 36.0 Å². The van der Waals surface area contributed by atoms with E-state index in [1.54, 1.807) is 10.9 Å². The van der Waals surface area contributed by atoms with Gasteiger partial charge in [-0.15, -0.1) is 0 Å². The summed E-state index contributed by atoms with van der Waals surface area (Å²) in [6.45, 7) is 4.04. The van der Waals surface area contributed by atoms with Gasteiger partial charge in [0.25, 0.3) is 5.91 Å². The molecule has 3 atom stereocenters. The lowest BCUT2D eigenvalue weighted by Crippen LogP contribution is -2.56. The van der Waals surface area contributed by atoms with Gasteiger partial charge in [0, 0.05) is 38.3 Å². The zero-order chi connectivity index (χ0) is 30.1. The van der Waals surface area contributed by atoms with E-state index >= 15 is 0 Å². The van der Waals surface area contributed by atoms with Crippen LogP contribution in [0.25, 0.3) is 0 Å². The molecule has 1 aromatic carbocycles. The van der Waals surface area contributed by atoms with Gasteiger partial charge in [-0.05, 0) is 43.2 Å². The third kappa shape index (κ3) is 8.27. The molecule has 0 fully saturated rings. The first-order valence-corrected chi connectivity index (χ1v) is 14.4. The largest absolute Gasteiger partial charge is 0.446 e. The molecule has 2 aromatic heterocycles. The maximum Gasteiger partial charge on any atom is 0.273 e. The monoisotopic (exact) mass is 577 g/mol. The van der Waals surface area contributed by atoms with Gasteiger partial charge in [-0.3, -0.25) is 23.9 Å². The van der Waals surface area contributed by atoms with Gasteiger partial charge in [-0.2, -0.15) is 5.10 Å². The van der Waals surface area contributed by atoms with E-state index in [4.69, 9.17) is 4.42 Å². The summed E-state index contributed by atoms with van der Waals surface area (Å²) < 4.78 is 7.36. The molecule has 0 spiro atoms. The minimum atomic E-state index is -0.879. The molecule has 0 unspecified atom stereocenters. The van der Waals surface area contributed by atoms with Crippen LogP contribution in [0.3, 0.4) is 0 Å². The highest BCUT2D eigenvalue weighted by Crippen LogP contribution is 2.20. The Balaban J connectivity index is 1.53. The van der Waals surface area contributed by atoms with Crippen molar-refractivity contribution in [3.05, 3.63) is 71.7 Å². The number of nitrogens with zero attached hydrogens (tertiary/aromatic N) is 3. The minimum Gasteiger partial charge on any atom is -0.446 e. The number of nitrogens with one attached hydrogen (secondary N) is 4. The van der Waals surface area contributed by atoms with Crippen LogP contribution in [0, 0.1) is 5.92 Å². The lowest BCUT2D eigenvalue weighted by Gasteiger charge is -2.27. The van der Waals surface area contributed by atoms with Crippen molar-refractivity contribution in [2.75, 3.05) is 6.54 Å². The standard InChI is InChI=1S/C30H39N7O5/c1-19(2)26-29(41)34-23(17-20-9-5-4-6-10-20)30-35-24(18-42-30)27(39)31-15-8-7-11-22(28(40)36-26)33-25(38)13-12-21-14-16-32-37(21)3/h4-6,9-10,14,16,18-19,22-23,26H,7-8,11-13,15,17H2,1-3H3,(H,31,39)(H,33,38)(H,34,41)(H,36,40)/t22-,23+,26-/m0/s1. The highest BCUT2D eigenvalue weighted by molar-refractivity contribution is 5.93. The first kappa shape index (κ1) is 30.5. The smallest absolute Gasteiger partial charge is 0.273 e. The molecule has 4 amide bonds. The Morgan fingerprint density at radius 3 is 2.60 bits per heavy atom. The lowest BCUT2D eigenvalue weighted by molar-refractivity contribution is -0.133. The second-order valence-corrected chi connectivity index (χ2v) is 10.9. The summed E-state index contributed by atoms with van der Waals surface area (Å²) in [5, 5.41) is 15.6. The van der Waals surface area contributed by atoms with Crippen LogP contribution >= 0.6 is 0 Å². The van der Waals surface area contributed by atoms with Gasteiger partial charge in [0.2, 0.25) is 23.6 Å². The molecular formula is C30H39N7O5. The van der Waals surface area contributed by atoms with Crippen LogP contribution in [0.15, 0.2) is 53.3 Å². The summed E-state index contributed by atoms with van der Waals surface area (Å²) in [5.41, 5.74) is 1.96. The highest BCUT2D eigenvalue weighted by Gasteiger charge is 2.31. The number of carbonyl (C=O) groups is 4. The van der Waals surface area contributed by atoms with Crippen molar-refractivity contribution in [2.45, 2.75) is 70.5 Å². The molecule has 2 bridgehead atoms. The number of hydrogen-bond donors (Lipinski definition) is 4. The summed E-state index contributed by atoms with van der Waals surface area (Å²) in [5.74, 6) is -1.58. The Labute approximate surface area is 245 Å². The normalized spacial score (nSPS) is 20.5. The van der Waals surface area contributed by atoms with E-state index in [0.29, 0.717) is 38.6 Å². The Kier molecular flexibility index (Phi) is 10.5. The van der Waals surface area contributed by atoms with Crippen LogP contribution in [0.1, 0.15) is 73.2 Å². The molecule has 42 heavy (non-hydrogen) atoms. The van der Waals surface area contributed by atoms with Gasteiger partial charge in [0.1, 0.15) is 24.4 Å². The number of hydrogen-bond acceptors (Lipinski definition) is 7. The first-order chi connectivity index (χ1) is 20.2. The van der Waals surface area contributed by atoms with Gasteiger partial charge in [0.05, 0.1) is 0 Å². The zero-order valence-corrected chi connectivity index (χ0v) is 24.3. The molecule has 1 aliphatic heterocycles. The fourth-order valence-corrected chi connectivity index (χ4v) is 4.84. The van der Waals surface area contributed by atoms with E-state index in [-0.39, 0.29) is 35.7 Å². The summed E-state index contributed by atoms with van der Waals surface area (Å²) in [6, 6.07) is 8.96. The fourth-order valence-electron chi connectivity index (χ4n) is 4.84. The van der Waals surface area contributed by atoms with Gasteiger partial charge >= 0.3 is 0 Å². The van der Waals surface area contributed by atoms with E-state index in [9.17, 15) is 19.2 Å². The zero-order valence-electron chi connectivity index (χ0n) is 24.3. The molecule has 0 aliphatic carbocycles. The van der Waals surface area contributed by atoms with Gasteiger partial charge in [0.15, 0.2) is 5.69 Å². The van der Waals surface area contributed by atoms with Crippen molar-refractivity contribution in [3.8, 4) is 0 Å². The number of carbonyl (C=O) groups excluding carboxylic acids is 4. The number of rotatable bonds is 7. The number of benzene rings is 1. The van der Waals surface area contributed by atoms with Crippen LogP contribution in [0.5, 0.6) is 0 Å². The van der Waals surface area contributed by atoms with Crippen molar-refractivity contribution in [2.24, 2.45) is 13.0 Å². The topological polar surface area (TPSA) is 160 Å². The van der Waals surface area contributed by atoms with E-state index in [1.165, 1.54) is 6.26 Å². The van der Waals surface area contributed by atoms with Gasteiger partial charge in [-0.1, -0.05) is 44.2 Å². The van der Waals surface area contributed by atoms with Crippen LogP contribution in [0.2, 0.25) is 0 Å². The predicted molar refractivity (Wildman–Crippen MR) is 154 cm³/mol. The number of aryl methyl sites for hydroxylation is 2. The minimum absolute atomic E-state index is 0.122. The Morgan fingerprint density at radius 1 is 1.10 bits per heavy atom. The molecule has 0 saturated carbocycles. The molecule has 224 valence electrons. The number of oxazole rings is 1. The molecule has 0 saturated heterocycles. The van der Waals surface area contributed by atoms with E-state index in [2.05, 4.69) is 31.3 Å². The van der Waals surface area contributed by atoms with E-state index < -0.39 is 29.9 Å². The van der Waals surface area contributed by atoms with E-state index in [1.807, 2.05) is 57.3 Å². The van der Waals surface area contributed by atoms with Crippen LogP contribution < -0.4 is 21.3 Å².